The van der Waals surface area contributed by atoms with Crippen molar-refractivity contribution in [1.82, 2.24) is 4.98 Å². The summed E-state index contributed by atoms with van der Waals surface area (Å²) in [7, 11) is 0. The number of primary amides is 1. The fourth-order valence-electron chi connectivity index (χ4n) is 1.80. The number of pyridine rings is 1. The lowest BCUT2D eigenvalue weighted by Crippen LogP contribution is -2.45. The molecular formula is C11H13N3O3. The normalized spacial score (nSPS) is 19.0. The third-order valence-corrected chi connectivity index (χ3v) is 2.58. The Morgan fingerprint density at radius 1 is 1.71 bits per heavy atom. The van der Waals surface area contributed by atoms with Gasteiger partial charge in [-0.15, -0.1) is 0 Å². The maximum Gasteiger partial charge on any atom is 0.230 e. The highest BCUT2D eigenvalue weighted by Gasteiger charge is 2.36. The van der Waals surface area contributed by atoms with Gasteiger partial charge in [-0.3, -0.25) is 24.5 Å². The van der Waals surface area contributed by atoms with Crippen LogP contribution in [0.2, 0.25) is 0 Å². The summed E-state index contributed by atoms with van der Waals surface area (Å²) in [5, 5.41) is 1.50. The first-order valence-corrected chi connectivity index (χ1v) is 5.34. The minimum absolute atomic E-state index is 0.140. The van der Waals surface area contributed by atoms with Crippen LogP contribution in [0.4, 0.5) is 5.69 Å². The Balaban J connectivity index is 2.43. The topological polar surface area (TPSA) is 85.5 Å². The number of carbonyl (C=O) groups is 2. The SMILES string of the molecule is CCON1CC(C(N)=O)C(=O)c2ncccc21. The molecular weight excluding hydrogens is 222 g/mol. The number of carbonyl (C=O) groups excluding carboxylic acids is 2. The second-order valence-corrected chi connectivity index (χ2v) is 3.67. The molecule has 2 heterocycles. The largest absolute Gasteiger partial charge is 0.369 e. The second kappa shape index (κ2) is 4.50. The number of rotatable bonds is 3. The first-order valence-electron chi connectivity index (χ1n) is 5.34. The Hall–Kier alpha value is -1.95. The van der Waals surface area contributed by atoms with Gasteiger partial charge in [0.05, 0.1) is 18.8 Å². The molecule has 1 aliphatic rings. The van der Waals surface area contributed by atoms with E-state index in [9.17, 15) is 9.59 Å². The number of hydrogen-bond donors (Lipinski definition) is 1. The average Bonchev–Trinajstić information content (AvgIpc) is 2.33. The van der Waals surface area contributed by atoms with Crippen LogP contribution in [0, 0.1) is 5.92 Å². The Morgan fingerprint density at radius 3 is 3.12 bits per heavy atom. The van der Waals surface area contributed by atoms with Crippen molar-refractivity contribution in [2.24, 2.45) is 11.7 Å². The number of ketones is 1. The average molecular weight is 235 g/mol. The molecule has 6 heteroatoms. The monoisotopic (exact) mass is 235 g/mol. The van der Waals surface area contributed by atoms with Gasteiger partial charge in [-0.05, 0) is 19.1 Å². The van der Waals surface area contributed by atoms with Crippen LogP contribution in [0.3, 0.4) is 0 Å². The van der Waals surface area contributed by atoms with Gasteiger partial charge < -0.3 is 5.73 Å². The molecule has 1 aromatic heterocycles. The summed E-state index contributed by atoms with van der Waals surface area (Å²) in [5.41, 5.74) is 6.02. The van der Waals surface area contributed by atoms with Gasteiger partial charge >= 0.3 is 0 Å². The zero-order valence-corrected chi connectivity index (χ0v) is 9.42. The van der Waals surface area contributed by atoms with Gasteiger partial charge in [0.15, 0.2) is 5.78 Å². The van der Waals surface area contributed by atoms with Gasteiger partial charge in [-0.1, -0.05) is 0 Å². The summed E-state index contributed by atoms with van der Waals surface area (Å²) in [6.07, 6.45) is 1.50. The Morgan fingerprint density at radius 2 is 2.47 bits per heavy atom. The van der Waals surface area contributed by atoms with Crippen LogP contribution < -0.4 is 10.8 Å². The lowest BCUT2D eigenvalue weighted by molar-refractivity contribution is -0.120. The Labute approximate surface area is 98.3 Å². The van der Waals surface area contributed by atoms with Crippen LogP contribution in [0.15, 0.2) is 18.3 Å². The molecule has 0 saturated heterocycles. The molecule has 1 aliphatic heterocycles. The maximum absolute atomic E-state index is 12.0. The van der Waals surface area contributed by atoms with Crippen molar-refractivity contribution >= 4 is 17.4 Å². The van der Waals surface area contributed by atoms with E-state index < -0.39 is 11.8 Å². The van der Waals surface area contributed by atoms with E-state index in [1.54, 1.807) is 12.1 Å². The quantitative estimate of drug-likeness (QED) is 0.753. The first kappa shape index (κ1) is 11.5. The highest BCUT2D eigenvalue weighted by molar-refractivity contribution is 6.13. The number of hydrogen-bond acceptors (Lipinski definition) is 5. The van der Waals surface area contributed by atoms with Gasteiger partial charge in [0.25, 0.3) is 0 Å². The van der Waals surface area contributed by atoms with Crippen LogP contribution >= 0.6 is 0 Å². The maximum atomic E-state index is 12.0. The van der Waals surface area contributed by atoms with Crippen molar-refractivity contribution in [2.45, 2.75) is 6.92 Å². The van der Waals surface area contributed by atoms with Gasteiger partial charge in [-0.2, -0.15) is 0 Å². The zero-order chi connectivity index (χ0) is 12.4. The fourth-order valence-corrected chi connectivity index (χ4v) is 1.80. The van der Waals surface area contributed by atoms with E-state index in [0.29, 0.717) is 12.3 Å². The minimum Gasteiger partial charge on any atom is -0.369 e. The number of anilines is 1. The molecule has 2 N–H and O–H groups in total. The molecule has 1 amide bonds. The van der Waals surface area contributed by atoms with Crippen molar-refractivity contribution < 1.29 is 14.4 Å². The van der Waals surface area contributed by atoms with E-state index in [2.05, 4.69) is 4.98 Å². The first-order chi connectivity index (χ1) is 8.15. The molecule has 0 bridgehead atoms. The van der Waals surface area contributed by atoms with Gasteiger partial charge in [0.1, 0.15) is 11.6 Å². The fraction of sp³-hybridized carbons (Fsp3) is 0.364. The molecule has 0 aliphatic carbocycles. The van der Waals surface area contributed by atoms with Crippen molar-refractivity contribution in [3.05, 3.63) is 24.0 Å². The lowest BCUT2D eigenvalue weighted by atomic mass is 9.95. The predicted octanol–water partition coefficient (Wildman–Crippen LogP) is 0.137. The van der Waals surface area contributed by atoms with Crippen LogP contribution in [-0.4, -0.2) is 29.8 Å². The van der Waals surface area contributed by atoms with Gasteiger partial charge in [0, 0.05) is 6.20 Å². The van der Waals surface area contributed by atoms with E-state index in [4.69, 9.17) is 10.6 Å². The van der Waals surface area contributed by atoms with Crippen LogP contribution in [0.5, 0.6) is 0 Å². The molecule has 0 fully saturated rings. The summed E-state index contributed by atoms with van der Waals surface area (Å²) in [5.74, 6) is -1.90. The molecule has 0 aromatic carbocycles. The van der Waals surface area contributed by atoms with Crippen LogP contribution in [-0.2, 0) is 9.63 Å². The lowest BCUT2D eigenvalue weighted by Gasteiger charge is -2.31. The minimum atomic E-state index is -0.899. The van der Waals surface area contributed by atoms with E-state index in [-0.39, 0.29) is 18.0 Å². The molecule has 6 nitrogen and oxygen atoms in total. The highest BCUT2D eigenvalue weighted by atomic mass is 16.7. The molecule has 2 rings (SSSR count). The third kappa shape index (κ3) is 1.99. The summed E-state index contributed by atoms with van der Waals surface area (Å²) in [6.45, 7) is 2.40. The standard InChI is InChI=1S/C11H13N3O3/c1-2-17-14-6-7(11(12)16)10(15)9-8(14)4-3-5-13-9/h3-5,7H,2,6H2,1H3,(H2,12,16). The smallest absolute Gasteiger partial charge is 0.230 e. The van der Waals surface area contributed by atoms with Crippen LogP contribution in [0.25, 0.3) is 0 Å². The number of amides is 1. The van der Waals surface area contributed by atoms with Gasteiger partial charge in [-0.25, -0.2) is 0 Å². The number of Topliss-reactive ketones (excluding diaryl/α,β-unsaturated/α-hetero) is 1. The van der Waals surface area contributed by atoms with E-state index >= 15 is 0 Å². The molecule has 0 saturated carbocycles. The zero-order valence-electron chi connectivity index (χ0n) is 9.42. The molecule has 0 radical (unpaired) electrons. The number of nitrogens with zero attached hydrogens (tertiary/aromatic N) is 2. The van der Waals surface area contributed by atoms with Crippen molar-refractivity contribution in [1.29, 1.82) is 0 Å². The molecule has 1 atom stereocenters. The summed E-state index contributed by atoms with van der Waals surface area (Å²) >= 11 is 0. The molecule has 1 unspecified atom stereocenters. The van der Waals surface area contributed by atoms with Crippen molar-refractivity contribution in [3.63, 3.8) is 0 Å². The third-order valence-electron chi connectivity index (χ3n) is 2.58. The van der Waals surface area contributed by atoms with E-state index in [1.807, 2.05) is 6.92 Å². The molecule has 90 valence electrons. The number of nitrogens with two attached hydrogens (primary N) is 1. The van der Waals surface area contributed by atoms with Gasteiger partial charge in [0.2, 0.25) is 5.91 Å². The predicted molar refractivity (Wildman–Crippen MR) is 60.2 cm³/mol. The molecule has 0 spiro atoms. The van der Waals surface area contributed by atoms with E-state index in [0.717, 1.165) is 0 Å². The summed E-state index contributed by atoms with van der Waals surface area (Å²) < 4.78 is 0. The summed E-state index contributed by atoms with van der Waals surface area (Å²) in [6, 6.07) is 3.44. The number of aromatic nitrogens is 1. The Kier molecular flexibility index (Phi) is 3.06. The van der Waals surface area contributed by atoms with Crippen LogP contribution in [0.1, 0.15) is 17.4 Å². The number of fused-ring (bicyclic) bond motifs is 1. The van der Waals surface area contributed by atoms with Crippen molar-refractivity contribution in [2.75, 3.05) is 18.2 Å². The number of hydroxylamine groups is 1. The Bertz CT molecular complexity index is 461. The molecule has 17 heavy (non-hydrogen) atoms. The molecule has 1 aromatic rings. The second-order valence-electron chi connectivity index (χ2n) is 3.67. The highest BCUT2D eigenvalue weighted by Crippen LogP contribution is 2.27. The summed E-state index contributed by atoms with van der Waals surface area (Å²) in [4.78, 5) is 32.5. The van der Waals surface area contributed by atoms with E-state index in [1.165, 1.54) is 11.3 Å². The van der Waals surface area contributed by atoms with Crippen molar-refractivity contribution in [3.8, 4) is 0 Å².